The summed E-state index contributed by atoms with van der Waals surface area (Å²) < 4.78 is 32.7. The molecule has 0 spiro atoms. The molecule has 0 aliphatic heterocycles. The van der Waals surface area contributed by atoms with Crippen molar-refractivity contribution in [3.8, 4) is 5.88 Å². The fourth-order valence-electron chi connectivity index (χ4n) is 3.65. The third-order valence-corrected chi connectivity index (χ3v) is 5.46. The van der Waals surface area contributed by atoms with Crippen LogP contribution in [0.1, 0.15) is 90.9 Å². The molecule has 29 heavy (non-hydrogen) atoms. The molecule has 0 amide bonds. The van der Waals surface area contributed by atoms with Gasteiger partial charge in [0.25, 0.3) is 0 Å². The molecule has 0 bridgehead atoms. The minimum absolute atomic E-state index is 0.316. The van der Waals surface area contributed by atoms with E-state index in [1.807, 2.05) is 0 Å². The molecule has 5 heteroatoms. The lowest BCUT2D eigenvalue weighted by Crippen LogP contribution is -2.13. The molecule has 0 saturated heterocycles. The van der Waals surface area contributed by atoms with Gasteiger partial charge in [0.05, 0.1) is 23.8 Å². The number of fused-ring (bicyclic) bond motifs is 1. The van der Waals surface area contributed by atoms with E-state index < -0.39 is 11.6 Å². The molecular formula is C24H36F2N2O. The average molecular weight is 407 g/mol. The Balaban J connectivity index is 1.87. The first kappa shape index (κ1) is 23.5. The van der Waals surface area contributed by atoms with Crippen molar-refractivity contribution in [2.75, 3.05) is 6.61 Å². The summed E-state index contributed by atoms with van der Waals surface area (Å²) in [7, 11) is 0. The number of nitrogens with zero attached hydrogens (tertiary/aromatic N) is 2. The number of hydrogen-bond acceptors (Lipinski definition) is 3. The zero-order chi connectivity index (χ0) is 20.9. The summed E-state index contributed by atoms with van der Waals surface area (Å²) in [6.45, 7) is 5.07. The van der Waals surface area contributed by atoms with Crippen LogP contribution in [0.25, 0.3) is 11.0 Å². The van der Waals surface area contributed by atoms with Crippen molar-refractivity contribution in [3.63, 3.8) is 0 Å². The van der Waals surface area contributed by atoms with Crippen LogP contribution in [0.15, 0.2) is 18.3 Å². The highest BCUT2D eigenvalue weighted by Crippen LogP contribution is 2.22. The Labute approximate surface area is 174 Å². The quantitative estimate of drug-likeness (QED) is 0.285. The fraction of sp³-hybridized carbons (Fsp3) is 0.667. The SMILES string of the molecule is CCCCCCCCC(CCCCCC)COc1cnc2cc(F)c(F)cc2n1. The molecule has 2 aromatic rings. The summed E-state index contributed by atoms with van der Waals surface area (Å²) in [5.74, 6) is -0.946. The van der Waals surface area contributed by atoms with Gasteiger partial charge in [-0.05, 0) is 18.8 Å². The molecule has 0 radical (unpaired) electrons. The Bertz CT molecular complexity index is 723. The van der Waals surface area contributed by atoms with Crippen LogP contribution in [-0.2, 0) is 0 Å². The number of benzene rings is 1. The van der Waals surface area contributed by atoms with Crippen molar-refractivity contribution in [2.24, 2.45) is 5.92 Å². The maximum Gasteiger partial charge on any atom is 0.232 e. The summed E-state index contributed by atoms with van der Waals surface area (Å²) in [4.78, 5) is 8.45. The highest BCUT2D eigenvalue weighted by atomic mass is 19.2. The van der Waals surface area contributed by atoms with Gasteiger partial charge in [-0.3, -0.25) is 0 Å². The largest absolute Gasteiger partial charge is 0.476 e. The van der Waals surface area contributed by atoms with Gasteiger partial charge in [-0.15, -0.1) is 0 Å². The number of rotatable bonds is 15. The summed E-state index contributed by atoms with van der Waals surface area (Å²) >= 11 is 0. The number of unbranched alkanes of at least 4 members (excludes halogenated alkanes) is 8. The predicted octanol–water partition coefficient (Wildman–Crippen LogP) is 7.62. The first-order valence-corrected chi connectivity index (χ1v) is 11.4. The second kappa shape index (κ2) is 13.4. The van der Waals surface area contributed by atoms with Crippen LogP contribution < -0.4 is 4.74 Å². The maximum absolute atomic E-state index is 13.5. The highest BCUT2D eigenvalue weighted by Gasteiger charge is 2.12. The molecule has 1 heterocycles. The van der Waals surface area contributed by atoms with E-state index in [1.165, 1.54) is 76.8 Å². The van der Waals surface area contributed by atoms with Gasteiger partial charge in [0.2, 0.25) is 5.88 Å². The lowest BCUT2D eigenvalue weighted by Gasteiger charge is -2.17. The molecule has 1 aromatic heterocycles. The normalized spacial score (nSPS) is 12.4. The predicted molar refractivity (Wildman–Crippen MR) is 115 cm³/mol. The number of hydrogen-bond donors (Lipinski definition) is 0. The minimum atomic E-state index is -0.916. The molecule has 2 rings (SSSR count). The Morgan fingerprint density at radius 2 is 1.34 bits per heavy atom. The van der Waals surface area contributed by atoms with Crippen LogP contribution in [0.5, 0.6) is 5.88 Å². The van der Waals surface area contributed by atoms with Gasteiger partial charge in [-0.2, -0.15) is 0 Å². The molecule has 0 fully saturated rings. The maximum atomic E-state index is 13.5. The summed E-state index contributed by atoms with van der Waals surface area (Å²) in [5.41, 5.74) is 0.649. The molecule has 1 unspecified atom stereocenters. The first-order valence-electron chi connectivity index (χ1n) is 11.4. The third kappa shape index (κ3) is 8.63. The van der Waals surface area contributed by atoms with Gasteiger partial charge in [0, 0.05) is 12.1 Å². The van der Waals surface area contributed by atoms with E-state index in [-0.39, 0.29) is 0 Å². The molecule has 162 valence electrons. The van der Waals surface area contributed by atoms with E-state index in [1.54, 1.807) is 0 Å². The third-order valence-electron chi connectivity index (χ3n) is 5.46. The Hall–Kier alpha value is -1.78. The molecule has 0 aliphatic carbocycles. The zero-order valence-corrected chi connectivity index (χ0v) is 18.1. The number of halogens is 2. The fourth-order valence-corrected chi connectivity index (χ4v) is 3.65. The molecular weight excluding hydrogens is 370 g/mol. The van der Waals surface area contributed by atoms with Crippen LogP contribution >= 0.6 is 0 Å². The van der Waals surface area contributed by atoms with Crippen molar-refractivity contribution in [3.05, 3.63) is 30.0 Å². The van der Waals surface area contributed by atoms with Crippen molar-refractivity contribution in [1.82, 2.24) is 9.97 Å². The van der Waals surface area contributed by atoms with Gasteiger partial charge in [0.15, 0.2) is 11.6 Å². The highest BCUT2D eigenvalue weighted by molar-refractivity contribution is 5.74. The second-order valence-electron chi connectivity index (χ2n) is 8.05. The van der Waals surface area contributed by atoms with E-state index in [2.05, 4.69) is 23.8 Å². The molecule has 1 atom stereocenters. The molecule has 0 N–H and O–H groups in total. The van der Waals surface area contributed by atoms with Crippen LogP contribution in [0.4, 0.5) is 8.78 Å². The number of ether oxygens (including phenoxy) is 1. The molecule has 3 nitrogen and oxygen atoms in total. The molecule has 0 saturated carbocycles. The van der Waals surface area contributed by atoms with Crippen molar-refractivity contribution in [1.29, 1.82) is 0 Å². The Kier molecular flexibility index (Phi) is 10.9. The Morgan fingerprint density at radius 3 is 2.00 bits per heavy atom. The summed E-state index contributed by atoms with van der Waals surface area (Å²) in [6.07, 6.45) is 16.6. The van der Waals surface area contributed by atoms with E-state index in [0.29, 0.717) is 29.4 Å². The van der Waals surface area contributed by atoms with Gasteiger partial charge < -0.3 is 4.74 Å². The van der Waals surface area contributed by atoms with Crippen LogP contribution in [0.2, 0.25) is 0 Å². The van der Waals surface area contributed by atoms with Gasteiger partial charge >= 0.3 is 0 Å². The van der Waals surface area contributed by atoms with Gasteiger partial charge in [0.1, 0.15) is 0 Å². The van der Waals surface area contributed by atoms with Crippen LogP contribution in [0.3, 0.4) is 0 Å². The minimum Gasteiger partial charge on any atom is -0.476 e. The van der Waals surface area contributed by atoms with Crippen molar-refractivity contribution < 1.29 is 13.5 Å². The second-order valence-corrected chi connectivity index (χ2v) is 8.05. The molecule has 1 aromatic carbocycles. The average Bonchev–Trinajstić information content (AvgIpc) is 2.72. The van der Waals surface area contributed by atoms with E-state index >= 15 is 0 Å². The summed E-state index contributed by atoms with van der Waals surface area (Å²) in [5, 5.41) is 0. The smallest absolute Gasteiger partial charge is 0.232 e. The summed E-state index contributed by atoms with van der Waals surface area (Å²) in [6, 6.07) is 2.14. The van der Waals surface area contributed by atoms with Crippen molar-refractivity contribution in [2.45, 2.75) is 90.9 Å². The van der Waals surface area contributed by atoms with E-state index in [9.17, 15) is 8.78 Å². The first-order chi connectivity index (χ1) is 14.1. The number of aromatic nitrogens is 2. The topological polar surface area (TPSA) is 35.0 Å². The monoisotopic (exact) mass is 406 g/mol. The molecule has 0 aliphatic rings. The Morgan fingerprint density at radius 1 is 0.793 bits per heavy atom. The standard InChI is InChI=1S/C24H36F2N2O/c1-3-5-7-9-10-12-14-19(13-11-8-6-4-2)18-29-24-17-27-22-15-20(25)21(26)16-23(22)28-24/h15-17,19H,3-14,18H2,1-2H3. The zero-order valence-electron chi connectivity index (χ0n) is 18.1. The lowest BCUT2D eigenvalue weighted by molar-refractivity contribution is 0.217. The van der Waals surface area contributed by atoms with Crippen LogP contribution in [0, 0.1) is 17.6 Å². The lowest BCUT2D eigenvalue weighted by atomic mass is 9.95. The van der Waals surface area contributed by atoms with Crippen molar-refractivity contribution >= 4 is 11.0 Å². The van der Waals surface area contributed by atoms with E-state index in [4.69, 9.17) is 4.74 Å². The van der Waals surface area contributed by atoms with Gasteiger partial charge in [-0.25, -0.2) is 18.7 Å². The van der Waals surface area contributed by atoms with Crippen LogP contribution in [-0.4, -0.2) is 16.6 Å². The van der Waals surface area contributed by atoms with E-state index in [0.717, 1.165) is 18.6 Å². The van der Waals surface area contributed by atoms with Gasteiger partial charge in [-0.1, -0.05) is 78.1 Å².